The first-order valence-electron chi connectivity index (χ1n) is 3.34. The van der Waals surface area contributed by atoms with Crippen LogP contribution in [-0.2, 0) is 19.2 Å². The minimum atomic E-state index is -3.58. The molecule has 0 heterocycles. The summed E-state index contributed by atoms with van der Waals surface area (Å²) >= 11 is 0. The van der Waals surface area contributed by atoms with E-state index in [0.717, 1.165) is 6.26 Å². The fourth-order valence-electron chi connectivity index (χ4n) is 0.618. The molecule has 0 saturated carbocycles. The summed E-state index contributed by atoms with van der Waals surface area (Å²) in [5, 5.41) is 3.29. The number of hydrogen-bond donors (Lipinski definition) is 0. The number of nitrogens with zero attached hydrogens (tertiary/aromatic N) is 1. The molecule has 0 bridgehead atoms. The summed E-state index contributed by atoms with van der Waals surface area (Å²) in [6.07, 6.45) is 6.16. The summed E-state index contributed by atoms with van der Waals surface area (Å²) in [5.41, 5.74) is 0.282. The zero-order valence-electron chi connectivity index (χ0n) is 6.80. The van der Waals surface area contributed by atoms with Crippen molar-refractivity contribution in [3.05, 3.63) is 24.3 Å². The molecule has 0 fully saturated rings. The fraction of sp³-hybridized carbons (Fsp3) is 0.143. The first-order valence-corrected chi connectivity index (χ1v) is 5.16. The van der Waals surface area contributed by atoms with Gasteiger partial charge in [0.2, 0.25) is 0 Å². The van der Waals surface area contributed by atoms with E-state index in [1.807, 2.05) is 0 Å². The third-order valence-corrected chi connectivity index (χ3v) is 1.46. The highest BCUT2D eigenvalue weighted by Gasteiger charge is 2.03. The molecular formula is C7H7NO4S. The number of allylic oxidation sites excluding steroid dienone is 4. The average molecular weight is 201 g/mol. The van der Waals surface area contributed by atoms with Crippen molar-refractivity contribution in [2.45, 2.75) is 0 Å². The zero-order valence-corrected chi connectivity index (χ0v) is 7.61. The van der Waals surface area contributed by atoms with Crippen LogP contribution in [0.4, 0.5) is 0 Å². The van der Waals surface area contributed by atoms with Gasteiger partial charge in [0.15, 0.2) is 5.78 Å². The Labute approximate surface area is 75.5 Å². The topological polar surface area (TPSA) is 72.8 Å². The van der Waals surface area contributed by atoms with Crippen LogP contribution in [0.1, 0.15) is 0 Å². The first kappa shape index (κ1) is 9.66. The smallest absolute Gasteiger partial charge is 0.290 e. The first-order chi connectivity index (χ1) is 5.97. The molecule has 0 radical (unpaired) electrons. The van der Waals surface area contributed by atoms with Crippen LogP contribution in [0.5, 0.6) is 0 Å². The molecule has 0 unspecified atom stereocenters. The lowest BCUT2D eigenvalue weighted by Gasteiger charge is -1.97. The summed E-state index contributed by atoms with van der Waals surface area (Å²) < 4.78 is 25.1. The van der Waals surface area contributed by atoms with E-state index >= 15 is 0 Å². The van der Waals surface area contributed by atoms with Crippen LogP contribution >= 0.6 is 0 Å². The highest BCUT2D eigenvalue weighted by Crippen LogP contribution is 1.97. The summed E-state index contributed by atoms with van der Waals surface area (Å²) in [6.45, 7) is 0. The molecule has 1 rings (SSSR count). The van der Waals surface area contributed by atoms with Crippen molar-refractivity contribution in [3.63, 3.8) is 0 Å². The number of carbonyl (C=O) groups excluding carboxylic acids is 1. The largest absolute Gasteiger partial charge is 0.325 e. The van der Waals surface area contributed by atoms with Gasteiger partial charge in [0.25, 0.3) is 0 Å². The van der Waals surface area contributed by atoms with Crippen molar-refractivity contribution in [1.82, 2.24) is 0 Å². The molecule has 70 valence electrons. The molecule has 0 amide bonds. The van der Waals surface area contributed by atoms with Gasteiger partial charge in [-0.05, 0) is 24.3 Å². The second-order valence-corrected chi connectivity index (χ2v) is 3.92. The molecule has 1 aliphatic rings. The predicted molar refractivity (Wildman–Crippen MR) is 46.7 cm³/mol. The van der Waals surface area contributed by atoms with Gasteiger partial charge in [0.1, 0.15) is 5.71 Å². The monoisotopic (exact) mass is 201 g/mol. The molecule has 0 aliphatic heterocycles. The van der Waals surface area contributed by atoms with Gasteiger partial charge < -0.3 is 0 Å². The third-order valence-electron chi connectivity index (χ3n) is 1.11. The second-order valence-electron chi connectivity index (χ2n) is 2.36. The normalized spacial score (nSPS) is 16.1. The quantitative estimate of drug-likeness (QED) is 0.466. The predicted octanol–water partition coefficient (Wildman–Crippen LogP) is 0.0137. The van der Waals surface area contributed by atoms with Crippen molar-refractivity contribution < 1.29 is 17.5 Å². The van der Waals surface area contributed by atoms with E-state index in [0.29, 0.717) is 0 Å². The number of ketones is 1. The second kappa shape index (κ2) is 3.53. The number of oxime groups is 1. The lowest BCUT2D eigenvalue weighted by atomic mass is 10.2. The summed E-state index contributed by atoms with van der Waals surface area (Å²) in [7, 11) is -3.58. The summed E-state index contributed by atoms with van der Waals surface area (Å²) in [6, 6.07) is 0. The maximum Gasteiger partial charge on any atom is 0.325 e. The van der Waals surface area contributed by atoms with E-state index in [1.165, 1.54) is 24.3 Å². The lowest BCUT2D eigenvalue weighted by Crippen LogP contribution is -2.03. The van der Waals surface area contributed by atoms with E-state index in [4.69, 9.17) is 0 Å². The van der Waals surface area contributed by atoms with Crippen LogP contribution in [0.15, 0.2) is 29.5 Å². The molecule has 1 aliphatic carbocycles. The van der Waals surface area contributed by atoms with Crippen LogP contribution in [0.25, 0.3) is 0 Å². The molecule has 0 spiro atoms. The molecule has 0 N–H and O–H groups in total. The van der Waals surface area contributed by atoms with Gasteiger partial charge in [-0.25, -0.2) is 0 Å². The Kier molecular flexibility index (Phi) is 2.62. The van der Waals surface area contributed by atoms with Gasteiger partial charge in [0.05, 0.1) is 6.26 Å². The molecule has 0 saturated heterocycles. The van der Waals surface area contributed by atoms with E-state index in [-0.39, 0.29) is 11.5 Å². The van der Waals surface area contributed by atoms with Gasteiger partial charge in [-0.15, -0.1) is 0 Å². The maximum atomic E-state index is 10.6. The van der Waals surface area contributed by atoms with E-state index in [2.05, 4.69) is 9.44 Å². The molecule has 5 nitrogen and oxygen atoms in total. The van der Waals surface area contributed by atoms with Gasteiger partial charge in [0, 0.05) is 0 Å². The van der Waals surface area contributed by atoms with Crippen LogP contribution < -0.4 is 0 Å². The van der Waals surface area contributed by atoms with E-state index < -0.39 is 10.1 Å². The highest BCUT2D eigenvalue weighted by atomic mass is 32.2. The maximum absolute atomic E-state index is 10.6. The minimum Gasteiger partial charge on any atom is -0.290 e. The van der Waals surface area contributed by atoms with Crippen molar-refractivity contribution in [2.75, 3.05) is 6.26 Å². The lowest BCUT2D eigenvalue weighted by molar-refractivity contribution is -0.110. The minimum absolute atomic E-state index is 0.168. The summed E-state index contributed by atoms with van der Waals surface area (Å²) in [5.74, 6) is -0.168. The molecule has 0 atom stereocenters. The van der Waals surface area contributed by atoms with Crippen LogP contribution in [0.3, 0.4) is 0 Å². The van der Waals surface area contributed by atoms with Crippen LogP contribution in [-0.4, -0.2) is 26.2 Å². The molecule has 13 heavy (non-hydrogen) atoms. The Hall–Kier alpha value is -1.43. The van der Waals surface area contributed by atoms with Crippen LogP contribution in [0, 0.1) is 0 Å². The van der Waals surface area contributed by atoms with Gasteiger partial charge in [-0.2, -0.15) is 8.42 Å². The molecule has 0 aromatic heterocycles. The van der Waals surface area contributed by atoms with Crippen molar-refractivity contribution >= 4 is 21.6 Å². The van der Waals surface area contributed by atoms with E-state index in [1.54, 1.807) is 0 Å². The zero-order chi connectivity index (χ0) is 9.90. The molecule has 6 heteroatoms. The van der Waals surface area contributed by atoms with Crippen molar-refractivity contribution in [1.29, 1.82) is 0 Å². The van der Waals surface area contributed by atoms with E-state index in [9.17, 15) is 13.2 Å². The summed E-state index contributed by atoms with van der Waals surface area (Å²) in [4.78, 5) is 10.6. The third kappa shape index (κ3) is 3.66. The Morgan fingerprint density at radius 2 is 1.77 bits per heavy atom. The Morgan fingerprint density at radius 3 is 2.23 bits per heavy atom. The van der Waals surface area contributed by atoms with Crippen molar-refractivity contribution in [2.24, 2.45) is 5.16 Å². The van der Waals surface area contributed by atoms with Gasteiger partial charge in [-0.3, -0.25) is 9.08 Å². The SMILES string of the molecule is CS(=O)(=O)ON=C1C=CC(=O)C=C1. The molecule has 0 aromatic carbocycles. The van der Waals surface area contributed by atoms with Crippen molar-refractivity contribution in [3.8, 4) is 0 Å². The Morgan fingerprint density at radius 1 is 1.23 bits per heavy atom. The fourth-order valence-corrected chi connectivity index (χ4v) is 0.839. The van der Waals surface area contributed by atoms with Crippen LogP contribution in [0.2, 0.25) is 0 Å². The number of rotatable bonds is 2. The molecular weight excluding hydrogens is 194 g/mol. The average Bonchev–Trinajstić information content (AvgIpc) is 2.02. The molecule has 0 aromatic rings. The highest BCUT2D eigenvalue weighted by molar-refractivity contribution is 7.85. The Balaban J connectivity index is 2.71. The Bertz CT molecular complexity index is 384. The number of hydrogen-bond acceptors (Lipinski definition) is 5. The number of carbonyl (C=O) groups is 1. The van der Waals surface area contributed by atoms with Gasteiger partial charge in [-0.1, -0.05) is 5.16 Å². The van der Waals surface area contributed by atoms with Gasteiger partial charge >= 0.3 is 10.1 Å². The standard InChI is InChI=1S/C7H7NO4S/c1-13(10,11)12-8-6-2-4-7(9)5-3-6/h2-5H,1H3.